The Morgan fingerprint density at radius 3 is 2.65 bits per heavy atom. The van der Waals surface area contributed by atoms with Crippen molar-refractivity contribution in [3.63, 3.8) is 0 Å². The zero-order chi connectivity index (χ0) is 12.6. The minimum atomic E-state index is -0.147. The lowest BCUT2D eigenvalue weighted by Crippen LogP contribution is -2.52. The third-order valence-corrected chi connectivity index (χ3v) is 4.02. The maximum atomic E-state index is 9.81. The normalized spacial score (nSPS) is 23.8. The molecular formula is C15H23NO. The molecule has 17 heavy (non-hydrogen) atoms. The second kappa shape index (κ2) is 4.34. The lowest BCUT2D eigenvalue weighted by Gasteiger charge is -2.46. The third-order valence-electron chi connectivity index (χ3n) is 4.02. The molecule has 1 aliphatic heterocycles. The van der Waals surface area contributed by atoms with Crippen molar-refractivity contribution < 1.29 is 5.11 Å². The summed E-state index contributed by atoms with van der Waals surface area (Å²) >= 11 is 0. The van der Waals surface area contributed by atoms with E-state index < -0.39 is 0 Å². The van der Waals surface area contributed by atoms with Gasteiger partial charge in [0.1, 0.15) is 0 Å². The highest BCUT2D eigenvalue weighted by atomic mass is 16.3. The Balaban J connectivity index is 2.36. The summed E-state index contributed by atoms with van der Waals surface area (Å²) in [4.78, 5) is 2.45. The molecule has 0 radical (unpaired) electrons. The molecule has 2 nitrogen and oxygen atoms in total. The molecule has 1 aromatic carbocycles. The predicted octanol–water partition coefficient (Wildman–Crippen LogP) is 3.04. The van der Waals surface area contributed by atoms with Crippen molar-refractivity contribution in [1.82, 2.24) is 0 Å². The summed E-state index contributed by atoms with van der Waals surface area (Å²) in [6, 6.07) is 6.48. The van der Waals surface area contributed by atoms with E-state index in [2.05, 4.69) is 50.8 Å². The molecule has 0 spiro atoms. The van der Waals surface area contributed by atoms with Crippen LogP contribution in [0.4, 0.5) is 5.69 Å². The summed E-state index contributed by atoms with van der Waals surface area (Å²) < 4.78 is 0. The number of aliphatic hydroxyl groups is 1. The summed E-state index contributed by atoms with van der Waals surface area (Å²) in [6.45, 7) is 9.73. The molecule has 0 saturated carbocycles. The summed E-state index contributed by atoms with van der Waals surface area (Å²) in [5.41, 5.74) is 4.05. The van der Waals surface area contributed by atoms with Gasteiger partial charge in [0, 0.05) is 17.8 Å². The first-order chi connectivity index (χ1) is 7.92. The van der Waals surface area contributed by atoms with Crippen LogP contribution in [0.5, 0.6) is 0 Å². The maximum absolute atomic E-state index is 9.81. The van der Waals surface area contributed by atoms with Crippen LogP contribution in [0.3, 0.4) is 0 Å². The molecule has 0 aromatic heterocycles. The molecule has 1 unspecified atom stereocenters. The van der Waals surface area contributed by atoms with E-state index in [0.717, 1.165) is 19.4 Å². The van der Waals surface area contributed by atoms with E-state index in [1.54, 1.807) is 0 Å². The van der Waals surface area contributed by atoms with Crippen LogP contribution < -0.4 is 4.90 Å². The average molecular weight is 233 g/mol. The monoisotopic (exact) mass is 233 g/mol. The number of aliphatic hydroxyl groups excluding tert-OH is 1. The van der Waals surface area contributed by atoms with Gasteiger partial charge in [-0.25, -0.2) is 0 Å². The standard InChI is InChI=1S/C15H23NO/c1-11-6-5-7-14(12(11)2)16-9-8-13(17)10-15(16,3)4/h5-7,13,17H,8-10H2,1-4H3. The Kier molecular flexibility index (Phi) is 3.17. The molecular weight excluding hydrogens is 210 g/mol. The number of hydrogen-bond donors (Lipinski definition) is 1. The highest BCUT2D eigenvalue weighted by Crippen LogP contribution is 2.35. The SMILES string of the molecule is Cc1cccc(N2CCC(O)CC2(C)C)c1C. The molecule has 1 saturated heterocycles. The smallest absolute Gasteiger partial charge is 0.0579 e. The second-order valence-corrected chi connectivity index (χ2v) is 5.83. The molecule has 0 bridgehead atoms. The van der Waals surface area contributed by atoms with Crippen LogP contribution in [0, 0.1) is 13.8 Å². The average Bonchev–Trinajstić information content (AvgIpc) is 2.22. The first kappa shape index (κ1) is 12.4. The third kappa shape index (κ3) is 2.32. The fourth-order valence-electron chi connectivity index (χ4n) is 2.84. The summed E-state index contributed by atoms with van der Waals surface area (Å²) in [5, 5.41) is 9.81. The molecule has 1 aromatic rings. The molecule has 1 N–H and O–H groups in total. The van der Waals surface area contributed by atoms with Crippen molar-refractivity contribution >= 4 is 5.69 Å². The van der Waals surface area contributed by atoms with E-state index >= 15 is 0 Å². The van der Waals surface area contributed by atoms with Crippen LogP contribution in [0.1, 0.15) is 37.8 Å². The first-order valence-electron chi connectivity index (χ1n) is 6.44. The van der Waals surface area contributed by atoms with Crippen molar-refractivity contribution in [2.24, 2.45) is 0 Å². The van der Waals surface area contributed by atoms with Crippen molar-refractivity contribution in [3.8, 4) is 0 Å². The van der Waals surface area contributed by atoms with Gasteiger partial charge in [0.05, 0.1) is 6.10 Å². The van der Waals surface area contributed by atoms with E-state index in [4.69, 9.17) is 0 Å². The van der Waals surface area contributed by atoms with Crippen LogP contribution in [-0.4, -0.2) is 23.3 Å². The number of rotatable bonds is 1. The number of piperidine rings is 1. The van der Waals surface area contributed by atoms with Gasteiger partial charge in [0.15, 0.2) is 0 Å². The van der Waals surface area contributed by atoms with Crippen LogP contribution in [-0.2, 0) is 0 Å². The van der Waals surface area contributed by atoms with Crippen molar-refractivity contribution in [3.05, 3.63) is 29.3 Å². The van der Waals surface area contributed by atoms with Gasteiger partial charge in [-0.1, -0.05) is 12.1 Å². The van der Waals surface area contributed by atoms with Gasteiger partial charge in [-0.3, -0.25) is 0 Å². The molecule has 2 heteroatoms. The van der Waals surface area contributed by atoms with Crippen molar-refractivity contribution in [2.45, 2.75) is 52.2 Å². The quantitative estimate of drug-likeness (QED) is 0.806. The minimum absolute atomic E-state index is 0.0379. The number of anilines is 1. The molecule has 1 aliphatic rings. The van der Waals surface area contributed by atoms with E-state index in [1.165, 1.54) is 16.8 Å². The molecule has 0 amide bonds. The van der Waals surface area contributed by atoms with Crippen LogP contribution >= 0.6 is 0 Å². The van der Waals surface area contributed by atoms with Crippen molar-refractivity contribution in [1.29, 1.82) is 0 Å². The van der Waals surface area contributed by atoms with E-state index in [9.17, 15) is 5.11 Å². The van der Waals surface area contributed by atoms with Crippen LogP contribution in [0.15, 0.2) is 18.2 Å². The Labute approximate surface area is 104 Å². The van der Waals surface area contributed by atoms with Crippen LogP contribution in [0.25, 0.3) is 0 Å². The summed E-state index contributed by atoms with van der Waals surface area (Å²) in [7, 11) is 0. The topological polar surface area (TPSA) is 23.5 Å². The van der Waals surface area contributed by atoms with E-state index in [1.807, 2.05) is 0 Å². The fraction of sp³-hybridized carbons (Fsp3) is 0.600. The van der Waals surface area contributed by atoms with Gasteiger partial charge >= 0.3 is 0 Å². The van der Waals surface area contributed by atoms with Gasteiger partial charge in [-0.15, -0.1) is 0 Å². The number of nitrogens with zero attached hydrogens (tertiary/aromatic N) is 1. The highest BCUT2D eigenvalue weighted by molar-refractivity contribution is 5.58. The first-order valence-corrected chi connectivity index (χ1v) is 6.44. The zero-order valence-corrected chi connectivity index (χ0v) is 11.3. The number of aryl methyl sites for hydroxylation is 1. The lowest BCUT2D eigenvalue weighted by molar-refractivity contribution is 0.107. The minimum Gasteiger partial charge on any atom is -0.393 e. The molecule has 1 heterocycles. The van der Waals surface area contributed by atoms with Gasteiger partial charge < -0.3 is 10.0 Å². The molecule has 94 valence electrons. The maximum Gasteiger partial charge on any atom is 0.0579 e. The fourth-order valence-corrected chi connectivity index (χ4v) is 2.84. The van der Waals surface area contributed by atoms with Gasteiger partial charge in [0.2, 0.25) is 0 Å². The molecule has 1 atom stereocenters. The van der Waals surface area contributed by atoms with E-state index in [0.29, 0.717) is 0 Å². The number of benzene rings is 1. The second-order valence-electron chi connectivity index (χ2n) is 5.83. The van der Waals surface area contributed by atoms with E-state index in [-0.39, 0.29) is 11.6 Å². The van der Waals surface area contributed by atoms with Crippen LogP contribution in [0.2, 0.25) is 0 Å². The Hall–Kier alpha value is -1.02. The molecule has 0 aliphatic carbocycles. The van der Waals surface area contributed by atoms with Gasteiger partial charge in [-0.05, 0) is 57.7 Å². The largest absolute Gasteiger partial charge is 0.393 e. The van der Waals surface area contributed by atoms with Gasteiger partial charge in [0.25, 0.3) is 0 Å². The van der Waals surface area contributed by atoms with Gasteiger partial charge in [-0.2, -0.15) is 0 Å². The van der Waals surface area contributed by atoms with Crippen molar-refractivity contribution in [2.75, 3.05) is 11.4 Å². The summed E-state index contributed by atoms with van der Waals surface area (Å²) in [5.74, 6) is 0. The predicted molar refractivity (Wildman–Crippen MR) is 72.6 cm³/mol. The Morgan fingerprint density at radius 2 is 2.00 bits per heavy atom. The Bertz CT molecular complexity index is 411. The Morgan fingerprint density at radius 1 is 1.29 bits per heavy atom. The molecule has 1 fully saturated rings. The summed E-state index contributed by atoms with van der Waals surface area (Å²) in [6.07, 6.45) is 1.57. The highest BCUT2D eigenvalue weighted by Gasteiger charge is 2.34. The molecule has 2 rings (SSSR count). The number of hydrogen-bond acceptors (Lipinski definition) is 2. The lowest BCUT2D eigenvalue weighted by atomic mass is 9.87. The zero-order valence-electron chi connectivity index (χ0n) is 11.3.